The Morgan fingerprint density at radius 2 is 1.81 bits per heavy atom. The number of carbonyl (C=O) groups excluding carboxylic acids is 1. The van der Waals surface area contributed by atoms with Gasteiger partial charge in [0.1, 0.15) is 0 Å². The average molecular weight is 336 g/mol. The van der Waals surface area contributed by atoms with Gasteiger partial charge in [-0.1, -0.05) is 29.3 Å². The van der Waals surface area contributed by atoms with Crippen LogP contribution in [0, 0.1) is 0 Å². The normalized spacial score (nSPS) is 11.3. The van der Waals surface area contributed by atoms with Crippen LogP contribution in [-0.2, 0) is 6.18 Å². The number of halogens is 5. The number of carbonyl (C=O) groups is 1. The lowest BCUT2D eigenvalue weighted by Gasteiger charge is -2.14. The summed E-state index contributed by atoms with van der Waals surface area (Å²) in [5.74, 6) is -0.877. The lowest BCUT2D eigenvalue weighted by Crippen LogP contribution is -2.18. The van der Waals surface area contributed by atoms with Gasteiger partial charge in [-0.3, -0.25) is 4.79 Å². The van der Waals surface area contributed by atoms with Crippen molar-refractivity contribution in [1.82, 2.24) is 10.2 Å². The van der Waals surface area contributed by atoms with Crippen LogP contribution in [0.5, 0.6) is 0 Å². The van der Waals surface area contributed by atoms with Crippen molar-refractivity contribution in [2.24, 2.45) is 0 Å². The van der Waals surface area contributed by atoms with E-state index in [4.69, 9.17) is 23.2 Å². The molecule has 0 saturated heterocycles. The quantitative estimate of drug-likeness (QED) is 0.900. The second-order valence-corrected chi connectivity index (χ2v) is 4.65. The highest BCUT2D eigenvalue weighted by atomic mass is 35.5. The van der Waals surface area contributed by atoms with Crippen molar-refractivity contribution >= 4 is 34.8 Å². The Morgan fingerprint density at radius 1 is 1.10 bits per heavy atom. The van der Waals surface area contributed by atoms with Crippen LogP contribution >= 0.6 is 23.2 Å². The van der Waals surface area contributed by atoms with E-state index in [0.29, 0.717) is 0 Å². The maximum absolute atomic E-state index is 12.9. The first-order valence-corrected chi connectivity index (χ1v) is 6.21. The standard InChI is InChI=1S/C12H6Cl2F3N3O/c13-7-3-1-2-6(12(15,16)17)10(7)18-11(21)8-4-5-9(14)20-19-8/h1-5H,(H,18,21). The zero-order chi connectivity index (χ0) is 15.6. The summed E-state index contributed by atoms with van der Waals surface area (Å²) in [6, 6.07) is 5.72. The molecule has 0 radical (unpaired) electrons. The molecule has 0 unspecified atom stereocenters. The molecule has 4 nitrogen and oxygen atoms in total. The summed E-state index contributed by atoms with van der Waals surface area (Å²) in [6.45, 7) is 0. The molecule has 0 aliphatic carbocycles. The molecule has 110 valence electrons. The molecule has 1 aromatic carbocycles. The van der Waals surface area contributed by atoms with Crippen LogP contribution in [0.15, 0.2) is 30.3 Å². The van der Waals surface area contributed by atoms with E-state index >= 15 is 0 Å². The third-order valence-electron chi connectivity index (χ3n) is 2.42. The summed E-state index contributed by atoms with van der Waals surface area (Å²) >= 11 is 11.2. The summed E-state index contributed by atoms with van der Waals surface area (Å²) in [5, 5.41) is 8.82. The SMILES string of the molecule is O=C(Nc1c(Cl)cccc1C(F)(F)F)c1ccc(Cl)nn1. The van der Waals surface area contributed by atoms with Crippen molar-refractivity contribution in [1.29, 1.82) is 0 Å². The third-order valence-corrected chi connectivity index (χ3v) is 2.94. The topological polar surface area (TPSA) is 54.9 Å². The van der Waals surface area contributed by atoms with E-state index in [2.05, 4.69) is 15.5 Å². The largest absolute Gasteiger partial charge is 0.418 e. The molecule has 0 bridgehead atoms. The molecule has 0 aliphatic heterocycles. The Morgan fingerprint density at radius 3 is 2.38 bits per heavy atom. The number of para-hydroxylation sites is 1. The summed E-state index contributed by atoms with van der Waals surface area (Å²) < 4.78 is 38.6. The molecule has 1 heterocycles. The summed E-state index contributed by atoms with van der Waals surface area (Å²) in [7, 11) is 0. The Kier molecular flexibility index (Phi) is 4.34. The number of nitrogens with zero attached hydrogens (tertiary/aromatic N) is 2. The van der Waals surface area contributed by atoms with Gasteiger partial charge in [0.25, 0.3) is 5.91 Å². The van der Waals surface area contributed by atoms with E-state index in [0.717, 1.165) is 12.1 Å². The molecule has 2 aromatic rings. The molecule has 0 atom stereocenters. The molecule has 0 saturated carbocycles. The van der Waals surface area contributed by atoms with Gasteiger partial charge in [-0.05, 0) is 24.3 Å². The van der Waals surface area contributed by atoms with Crippen LogP contribution in [0.1, 0.15) is 16.1 Å². The van der Waals surface area contributed by atoms with E-state index in [-0.39, 0.29) is 15.9 Å². The smallest absolute Gasteiger partial charge is 0.319 e. The molecule has 2 rings (SSSR count). The molecule has 1 aromatic heterocycles. The first kappa shape index (κ1) is 15.5. The summed E-state index contributed by atoms with van der Waals surface area (Å²) in [6.07, 6.45) is -4.65. The molecule has 1 amide bonds. The second kappa shape index (κ2) is 5.87. The molecule has 0 spiro atoms. The number of rotatable bonds is 2. The Bertz CT molecular complexity index is 674. The Hall–Kier alpha value is -1.86. The summed E-state index contributed by atoms with van der Waals surface area (Å²) in [5.41, 5.74) is -1.77. The van der Waals surface area contributed by atoms with Gasteiger partial charge in [-0.2, -0.15) is 13.2 Å². The van der Waals surface area contributed by atoms with Crippen LogP contribution < -0.4 is 5.32 Å². The first-order chi connectivity index (χ1) is 9.79. The molecule has 1 N–H and O–H groups in total. The molecule has 0 fully saturated rings. The molecule has 0 aliphatic rings. The van der Waals surface area contributed by atoms with Crippen molar-refractivity contribution in [2.45, 2.75) is 6.18 Å². The van der Waals surface area contributed by atoms with Crippen molar-refractivity contribution in [2.75, 3.05) is 5.32 Å². The van der Waals surface area contributed by atoms with Crippen LogP contribution in [0.3, 0.4) is 0 Å². The lowest BCUT2D eigenvalue weighted by molar-refractivity contribution is -0.136. The molecule has 21 heavy (non-hydrogen) atoms. The number of hydrogen-bond donors (Lipinski definition) is 1. The second-order valence-electron chi connectivity index (χ2n) is 3.86. The molecule has 9 heteroatoms. The zero-order valence-electron chi connectivity index (χ0n) is 10.1. The van der Waals surface area contributed by atoms with E-state index in [1.54, 1.807) is 0 Å². The predicted octanol–water partition coefficient (Wildman–Crippen LogP) is 4.05. The predicted molar refractivity (Wildman–Crippen MR) is 71.4 cm³/mol. The number of aromatic nitrogens is 2. The maximum Gasteiger partial charge on any atom is 0.418 e. The first-order valence-electron chi connectivity index (χ1n) is 5.45. The minimum absolute atomic E-state index is 0.0558. The van der Waals surface area contributed by atoms with Gasteiger partial charge >= 0.3 is 6.18 Å². The monoisotopic (exact) mass is 335 g/mol. The number of hydrogen-bond acceptors (Lipinski definition) is 3. The van der Waals surface area contributed by atoms with Gasteiger partial charge in [-0.25, -0.2) is 0 Å². The highest BCUT2D eigenvalue weighted by Crippen LogP contribution is 2.38. The fourth-order valence-corrected chi connectivity index (χ4v) is 1.82. The van der Waals surface area contributed by atoms with Crippen molar-refractivity contribution < 1.29 is 18.0 Å². The van der Waals surface area contributed by atoms with Crippen LogP contribution in [0.4, 0.5) is 18.9 Å². The van der Waals surface area contributed by atoms with Crippen molar-refractivity contribution in [3.63, 3.8) is 0 Å². The van der Waals surface area contributed by atoms with E-state index in [1.807, 2.05) is 0 Å². The van der Waals surface area contributed by atoms with Crippen molar-refractivity contribution in [3.05, 3.63) is 51.8 Å². The highest BCUT2D eigenvalue weighted by molar-refractivity contribution is 6.34. The van der Waals surface area contributed by atoms with Crippen LogP contribution in [0.25, 0.3) is 0 Å². The van der Waals surface area contributed by atoms with Gasteiger partial charge in [0, 0.05) is 0 Å². The fourth-order valence-electron chi connectivity index (χ4n) is 1.50. The van der Waals surface area contributed by atoms with E-state index in [1.165, 1.54) is 18.2 Å². The van der Waals surface area contributed by atoms with Crippen LogP contribution in [-0.4, -0.2) is 16.1 Å². The van der Waals surface area contributed by atoms with Gasteiger partial charge in [0.15, 0.2) is 10.8 Å². The fraction of sp³-hybridized carbons (Fsp3) is 0.0833. The van der Waals surface area contributed by atoms with Gasteiger partial charge in [-0.15, -0.1) is 10.2 Å². The number of amides is 1. The Balaban J connectivity index is 2.35. The average Bonchev–Trinajstić information content (AvgIpc) is 2.40. The minimum Gasteiger partial charge on any atom is -0.319 e. The number of nitrogens with one attached hydrogen (secondary N) is 1. The number of benzene rings is 1. The molecular formula is C12H6Cl2F3N3O. The van der Waals surface area contributed by atoms with Gasteiger partial charge < -0.3 is 5.32 Å². The van der Waals surface area contributed by atoms with Gasteiger partial charge in [0.05, 0.1) is 16.3 Å². The molecular weight excluding hydrogens is 330 g/mol. The zero-order valence-corrected chi connectivity index (χ0v) is 11.6. The lowest BCUT2D eigenvalue weighted by atomic mass is 10.1. The third kappa shape index (κ3) is 3.62. The van der Waals surface area contributed by atoms with Gasteiger partial charge in [0.2, 0.25) is 0 Å². The maximum atomic E-state index is 12.9. The Labute approximate surface area is 126 Å². The van der Waals surface area contributed by atoms with E-state index < -0.39 is 23.3 Å². The van der Waals surface area contributed by atoms with Crippen molar-refractivity contribution in [3.8, 4) is 0 Å². The minimum atomic E-state index is -4.65. The highest BCUT2D eigenvalue weighted by Gasteiger charge is 2.35. The summed E-state index contributed by atoms with van der Waals surface area (Å²) in [4.78, 5) is 11.9. The van der Waals surface area contributed by atoms with Crippen LogP contribution in [0.2, 0.25) is 10.2 Å². The number of alkyl halides is 3. The number of anilines is 1. The van der Waals surface area contributed by atoms with E-state index in [9.17, 15) is 18.0 Å².